The van der Waals surface area contributed by atoms with Crippen LogP contribution in [0.5, 0.6) is 5.75 Å². The van der Waals surface area contributed by atoms with Gasteiger partial charge >= 0.3 is 12.6 Å². The molecule has 2 N–H and O–H groups in total. The molecule has 0 bridgehead atoms. The molecule has 1 aliphatic heterocycles. The maximum atomic E-state index is 12.2. The minimum atomic E-state index is -2.91. The molecule has 1 aromatic carbocycles. The van der Waals surface area contributed by atoms with Crippen LogP contribution < -0.4 is 20.3 Å². The Morgan fingerprint density at radius 1 is 1.23 bits per heavy atom. The third kappa shape index (κ3) is 5.05. The molecule has 0 saturated carbocycles. The maximum absolute atomic E-state index is 12.2. The van der Waals surface area contributed by atoms with Gasteiger partial charge < -0.3 is 20.3 Å². The lowest BCUT2D eigenvalue weighted by atomic mass is 10.2. The Morgan fingerprint density at radius 2 is 2.04 bits per heavy atom. The molecule has 2 aromatic rings. The predicted molar refractivity (Wildman–Crippen MR) is 94.6 cm³/mol. The Kier molecular flexibility index (Phi) is 5.83. The van der Waals surface area contributed by atoms with E-state index in [0.717, 1.165) is 24.5 Å². The Morgan fingerprint density at radius 3 is 2.73 bits per heavy atom. The molecule has 1 fully saturated rings. The number of urea groups is 1. The number of pyridine rings is 1. The van der Waals surface area contributed by atoms with Crippen LogP contribution in [-0.4, -0.2) is 30.7 Å². The summed E-state index contributed by atoms with van der Waals surface area (Å²) in [5.74, 6) is 0.936. The van der Waals surface area contributed by atoms with Crippen LogP contribution in [-0.2, 0) is 6.54 Å². The Bertz CT molecular complexity index is 734. The van der Waals surface area contributed by atoms with Crippen LogP contribution in [0.1, 0.15) is 18.4 Å². The summed E-state index contributed by atoms with van der Waals surface area (Å²) in [7, 11) is 0. The molecule has 0 aliphatic carbocycles. The number of halogens is 2. The van der Waals surface area contributed by atoms with Crippen LogP contribution in [0.4, 0.5) is 25.1 Å². The first-order valence-corrected chi connectivity index (χ1v) is 8.40. The number of aromatic nitrogens is 1. The summed E-state index contributed by atoms with van der Waals surface area (Å²) < 4.78 is 28.7. The Balaban J connectivity index is 1.49. The zero-order chi connectivity index (χ0) is 18.4. The van der Waals surface area contributed by atoms with E-state index in [9.17, 15) is 13.6 Å². The first kappa shape index (κ1) is 17.9. The summed E-state index contributed by atoms with van der Waals surface area (Å²) in [5.41, 5.74) is 1.24. The number of hydrogen-bond acceptors (Lipinski definition) is 4. The average Bonchev–Trinajstić information content (AvgIpc) is 3.15. The van der Waals surface area contributed by atoms with Gasteiger partial charge in [-0.15, -0.1) is 0 Å². The van der Waals surface area contributed by atoms with Gasteiger partial charge in [0.2, 0.25) is 0 Å². The minimum absolute atomic E-state index is 0.0144. The molecule has 2 amide bonds. The Hall–Kier alpha value is -2.90. The van der Waals surface area contributed by atoms with Crippen molar-refractivity contribution in [3.63, 3.8) is 0 Å². The Labute approximate surface area is 150 Å². The van der Waals surface area contributed by atoms with E-state index in [1.165, 1.54) is 31.0 Å². The summed E-state index contributed by atoms with van der Waals surface area (Å²) in [5, 5.41) is 5.28. The largest absolute Gasteiger partial charge is 0.435 e. The fraction of sp³-hybridized carbons (Fsp3) is 0.333. The van der Waals surface area contributed by atoms with Gasteiger partial charge in [0, 0.05) is 37.6 Å². The predicted octanol–water partition coefficient (Wildman–Crippen LogP) is 3.60. The summed E-state index contributed by atoms with van der Waals surface area (Å²) in [6.07, 6.45) is 4.12. The average molecular weight is 362 g/mol. The summed E-state index contributed by atoms with van der Waals surface area (Å²) in [6, 6.07) is 9.27. The standard InChI is InChI=1S/C18H20F2N4O2/c19-17(20)26-15-5-3-4-14(10-15)23-18(25)22-12-13-6-7-16(21-11-13)24-8-1-2-9-24/h3-7,10-11,17H,1-2,8-9,12H2,(H2,22,23,25). The SMILES string of the molecule is O=C(NCc1ccc(N2CCCC2)nc1)Nc1cccc(OC(F)F)c1. The number of carbonyl (C=O) groups excluding carboxylic acids is 1. The number of anilines is 2. The number of hydrogen-bond donors (Lipinski definition) is 2. The van der Waals surface area contributed by atoms with Gasteiger partial charge in [-0.1, -0.05) is 12.1 Å². The van der Waals surface area contributed by atoms with Crippen molar-refractivity contribution in [3.8, 4) is 5.75 Å². The number of ether oxygens (including phenoxy) is 1. The quantitative estimate of drug-likeness (QED) is 0.824. The highest BCUT2D eigenvalue weighted by atomic mass is 19.3. The summed E-state index contributed by atoms with van der Waals surface area (Å²) in [4.78, 5) is 18.6. The third-order valence-corrected chi connectivity index (χ3v) is 4.01. The number of benzene rings is 1. The molecule has 138 valence electrons. The van der Waals surface area contributed by atoms with E-state index in [0.29, 0.717) is 12.2 Å². The first-order chi connectivity index (χ1) is 12.6. The molecule has 26 heavy (non-hydrogen) atoms. The number of nitrogens with zero attached hydrogens (tertiary/aromatic N) is 2. The van der Waals surface area contributed by atoms with Gasteiger partial charge in [0.15, 0.2) is 0 Å². The monoisotopic (exact) mass is 362 g/mol. The normalized spacial score (nSPS) is 13.7. The highest BCUT2D eigenvalue weighted by molar-refractivity contribution is 5.89. The van der Waals surface area contributed by atoms with Gasteiger partial charge in [-0.3, -0.25) is 0 Å². The number of alkyl halides is 2. The number of nitrogens with one attached hydrogen (secondary N) is 2. The molecule has 1 aromatic heterocycles. The second-order valence-electron chi connectivity index (χ2n) is 5.93. The van der Waals surface area contributed by atoms with Crippen LogP contribution in [0.2, 0.25) is 0 Å². The first-order valence-electron chi connectivity index (χ1n) is 8.40. The van der Waals surface area contributed by atoms with Crippen molar-refractivity contribution >= 4 is 17.5 Å². The van der Waals surface area contributed by atoms with Crippen LogP contribution in [0.15, 0.2) is 42.6 Å². The molecule has 1 saturated heterocycles. The van der Waals surface area contributed by atoms with Gasteiger partial charge in [-0.25, -0.2) is 9.78 Å². The second-order valence-corrected chi connectivity index (χ2v) is 5.93. The fourth-order valence-electron chi connectivity index (χ4n) is 2.76. The number of rotatable bonds is 6. The molecule has 0 spiro atoms. The second kappa shape index (κ2) is 8.46. The van der Waals surface area contributed by atoms with Crippen LogP contribution in [0, 0.1) is 0 Å². The van der Waals surface area contributed by atoms with Gasteiger partial charge in [-0.2, -0.15) is 8.78 Å². The molecule has 0 radical (unpaired) electrons. The number of carbonyl (C=O) groups is 1. The lowest BCUT2D eigenvalue weighted by Crippen LogP contribution is -2.28. The lowest BCUT2D eigenvalue weighted by Gasteiger charge is -2.16. The minimum Gasteiger partial charge on any atom is -0.435 e. The van der Waals surface area contributed by atoms with Crippen molar-refractivity contribution in [1.29, 1.82) is 0 Å². The van der Waals surface area contributed by atoms with E-state index in [-0.39, 0.29) is 5.75 Å². The molecule has 1 aliphatic rings. The molecule has 8 heteroatoms. The van der Waals surface area contributed by atoms with Crippen molar-refractivity contribution in [2.75, 3.05) is 23.3 Å². The van der Waals surface area contributed by atoms with E-state index >= 15 is 0 Å². The van der Waals surface area contributed by atoms with Gasteiger partial charge in [0.1, 0.15) is 11.6 Å². The molecule has 6 nitrogen and oxygen atoms in total. The molecular weight excluding hydrogens is 342 g/mol. The zero-order valence-electron chi connectivity index (χ0n) is 14.1. The lowest BCUT2D eigenvalue weighted by molar-refractivity contribution is -0.0497. The van der Waals surface area contributed by atoms with Crippen molar-refractivity contribution in [2.45, 2.75) is 26.0 Å². The zero-order valence-corrected chi connectivity index (χ0v) is 14.1. The van der Waals surface area contributed by atoms with Crippen molar-refractivity contribution in [2.24, 2.45) is 0 Å². The maximum Gasteiger partial charge on any atom is 0.387 e. The van der Waals surface area contributed by atoms with Crippen molar-refractivity contribution in [1.82, 2.24) is 10.3 Å². The van der Waals surface area contributed by atoms with Crippen molar-refractivity contribution < 1.29 is 18.3 Å². The number of amides is 2. The van der Waals surface area contributed by atoms with Crippen LogP contribution in [0.25, 0.3) is 0 Å². The smallest absolute Gasteiger partial charge is 0.387 e. The van der Waals surface area contributed by atoms with E-state index < -0.39 is 12.6 Å². The summed E-state index contributed by atoms with van der Waals surface area (Å²) in [6.45, 7) is -0.537. The van der Waals surface area contributed by atoms with Crippen LogP contribution >= 0.6 is 0 Å². The molecule has 2 heterocycles. The summed E-state index contributed by atoms with van der Waals surface area (Å²) >= 11 is 0. The fourth-order valence-corrected chi connectivity index (χ4v) is 2.76. The highest BCUT2D eigenvalue weighted by Gasteiger charge is 2.13. The van der Waals surface area contributed by atoms with Gasteiger partial charge in [0.25, 0.3) is 0 Å². The van der Waals surface area contributed by atoms with E-state index in [2.05, 4.69) is 25.3 Å². The van der Waals surface area contributed by atoms with Gasteiger partial charge in [-0.05, 0) is 36.6 Å². The molecule has 3 rings (SSSR count). The molecule has 0 atom stereocenters. The van der Waals surface area contributed by atoms with Crippen molar-refractivity contribution in [3.05, 3.63) is 48.2 Å². The third-order valence-electron chi connectivity index (χ3n) is 4.01. The van der Waals surface area contributed by atoms with E-state index in [1.54, 1.807) is 12.3 Å². The van der Waals surface area contributed by atoms with E-state index in [4.69, 9.17) is 0 Å². The topological polar surface area (TPSA) is 66.5 Å². The molecular formula is C18H20F2N4O2. The van der Waals surface area contributed by atoms with E-state index in [1.807, 2.05) is 12.1 Å². The highest BCUT2D eigenvalue weighted by Crippen LogP contribution is 2.19. The van der Waals surface area contributed by atoms with Crippen LogP contribution in [0.3, 0.4) is 0 Å². The molecule has 0 unspecified atom stereocenters. The van der Waals surface area contributed by atoms with Gasteiger partial charge in [0.05, 0.1) is 0 Å².